The first-order chi connectivity index (χ1) is 7.34. The van der Waals surface area contributed by atoms with Crippen LogP contribution in [0, 0.1) is 0 Å². The maximum atomic E-state index is 4.52. The molecule has 1 atom stereocenters. The van der Waals surface area contributed by atoms with Crippen molar-refractivity contribution >= 4 is 17.6 Å². The number of anilines is 1. The van der Waals surface area contributed by atoms with Gasteiger partial charge >= 0.3 is 0 Å². The van der Waals surface area contributed by atoms with Crippen LogP contribution in [0.3, 0.4) is 0 Å². The normalized spacial score (nSPS) is 25.9. The van der Waals surface area contributed by atoms with Gasteiger partial charge in [-0.25, -0.2) is 4.98 Å². The van der Waals surface area contributed by atoms with Gasteiger partial charge in [0, 0.05) is 31.6 Å². The Kier molecular flexibility index (Phi) is 2.33. The minimum absolute atomic E-state index is 0.649. The van der Waals surface area contributed by atoms with Crippen molar-refractivity contribution in [2.75, 3.05) is 37.3 Å². The van der Waals surface area contributed by atoms with E-state index in [1.807, 2.05) is 24.0 Å². The molecule has 15 heavy (non-hydrogen) atoms. The zero-order valence-corrected chi connectivity index (χ0v) is 9.70. The minimum Gasteiger partial charge on any atom is -0.349 e. The quantitative estimate of drug-likeness (QED) is 0.657. The highest BCUT2D eigenvalue weighted by molar-refractivity contribution is 7.99. The molecule has 1 aromatic rings. The summed E-state index contributed by atoms with van der Waals surface area (Å²) in [4.78, 5) is 10.8. The Morgan fingerprint density at radius 2 is 2.40 bits per heavy atom. The zero-order valence-electron chi connectivity index (χ0n) is 8.89. The number of piperazine rings is 1. The van der Waals surface area contributed by atoms with Crippen LogP contribution in [-0.2, 0) is 0 Å². The number of aromatic nitrogens is 1. The fraction of sp³-hybridized carbons (Fsp3) is 0.545. The van der Waals surface area contributed by atoms with Crippen molar-refractivity contribution in [1.29, 1.82) is 0 Å². The van der Waals surface area contributed by atoms with E-state index >= 15 is 0 Å². The predicted octanol–water partition coefficient (Wildman–Crippen LogP) is 1.31. The lowest BCUT2D eigenvalue weighted by Crippen LogP contribution is -2.54. The molecule has 2 aliphatic heterocycles. The van der Waals surface area contributed by atoms with Crippen LogP contribution in [0.4, 0.5) is 5.82 Å². The summed E-state index contributed by atoms with van der Waals surface area (Å²) in [6.45, 7) is 3.44. The van der Waals surface area contributed by atoms with E-state index in [4.69, 9.17) is 0 Å². The largest absolute Gasteiger partial charge is 0.349 e. The third-order valence-electron chi connectivity index (χ3n) is 3.14. The molecule has 80 valence electrons. The summed E-state index contributed by atoms with van der Waals surface area (Å²) in [5, 5.41) is 0. The van der Waals surface area contributed by atoms with E-state index in [-0.39, 0.29) is 0 Å². The number of hydrogen-bond donors (Lipinski definition) is 0. The third-order valence-corrected chi connectivity index (χ3v) is 4.32. The molecular weight excluding hydrogens is 206 g/mol. The Balaban J connectivity index is 1.93. The summed E-state index contributed by atoms with van der Waals surface area (Å²) in [7, 11) is 2.20. The van der Waals surface area contributed by atoms with Gasteiger partial charge in [-0.05, 0) is 19.2 Å². The highest BCUT2D eigenvalue weighted by Crippen LogP contribution is 2.36. The molecule has 0 spiro atoms. The van der Waals surface area contributed by atoms with E-state index in [2.05, 4.69) is 27.9 Å². The summed E-state index contributed by atoms with van der Waals surface area (Å²) in [6.07, 6.45) is 1.90. The van der Waals surface area contributed by atoms with Gasteiger partial charge in [0.1, 0.15) is 5.82 Å². The maximum Gasteiger partial charge on any atom is 0.142 e. The molecule has 0 radical (unpaired) electrons. The highest BCUT2D eigenvalue weighted by Gasteiger charge is 2.31. The van der Waals surface area contributed by atoms with E-state index in [0.29, 0.717) is 6.04 Å². The fourth-order valence-corrected chi connectivity index (χ4v) is 3.46. The van der Waals surface area contributed by atoms with Crippen LogP contribution in [0.15, 0.2) is 23.2 Å². The van der Waals surface area contributed by atoms with Gasteiger partial charge in [-0.3, -0.25) is 0 Å². The van der Waals surface area contributed by atoms with E-state index in [1.54, 1.807) is 0 Å². The second-order valence-corrected chi connectivity index (χ2v) is 5.31. The highest BCUT2D eigenvalue weighted by atomic mass is 32.2. The van der Waals surface area contributed by atoms with Crippen LogP contribution in [0.25, 0.3) is 0 Å². The van der Waals surface area contributed by atoms with Crippen LogP contribution in [0.2, 0.25) is 0 Å². The second-order valence-electron chi connectivity index (χ2n) is 4.25. The smallest absolute Gasteiger partial charge is 0.142 e. The Hall–Kier alpha value is -0.740. The van der Waals surface area contributed by atoms with Gasteiger partial charge in [-0.2, -0.15) is 0 Å². The van der Waals surface area contributed by atoms with Gasteiger partial charge < -0.3 is 9.80 Å². The van der Waals surface area contributed by atoms with Gasteiger partial charge in [0.05, 0.1) is 10.9 Å². The molecule has 2 aliphatic rings. The summed E-state index contributed by atoms with van der Waals surface area (Å²) in [5.41, 5.74) is 0. The van der Waals surface area contributed by atoms with E-state index in [9.17, 15) is 0 Å². The topological polar surface area (TPSA) is 19.4 Å². The van der Waals surface area contributed by atoms with Gasteiger partial charge in [-0.15, -0.1) is 11.8 Å². The lowest BCUT2D eigenvalue weighted by Gasteiger charge is -2.43. The van der Waals surface area contributed by atoms with E-state index in [1.165, 1.54) is 23.0 Å². The second kappa shape index (κ2) is 3.68. The molecule has 0 unspecified atom stereocenters. The van der Waals surface area contributed by atoms with Crippen molar-refractivity contribution in [2.24, 2.45) is 0 Å². The molecule has 0 bridgehead atoms. The van der Waals surface area contributed by atoms with E-state index < -0.39 is 0 Å². The first-order valence-electron chi connectivity index (χ1n) is 5.37. The summed E-state index contributed by atoms with van der Waals surface area (Å²) in [6, 6.07) is 4.86. The van der Waals surface area contributed by atoms with Gasteiger partial charge in [-0.1, -0.05) is 0 Å². The average molecular weight is 221 g/mol. The zero-order chi connectivity index (χ0) is 10.3. The maximum absolute atomic E-state index is 4.52. The lowest BCUT2D eigenvalue weighted by atomic mass is 10.2. The van der Waals surface area contributed by atoms with Crippen LogP contribution in [-0.4, -0.2) is 48.4 Å². The molecule has 3 heterocycles. The molecule has 1 fully saturated rings. The minimum atomic E-state index is 0.649. The van der Waals surface area contributed by atoms with Crippen molar-refractivity contribution < 1.29 is 0 Å². The average Bonchev–Trinajstić information content (AvgIpc) is 2.28. The molecule has 0 saturated carbocycles. The SMILES string of the molecule is CN1CCN2c3ncccc3SC[C@H]2C1. The lowest BCUT2D eigenvalue weighted by molar-refractivity contribution is 0.275. The van der Waals surface area contributed by atoms with Gasteiger partial charge in [0.15, 0.2) is 0 Å². The molecule has 3 nitrogen and oxygen atoms in total. The molecule has 1 aromatic heterocycles. The first-order valence-corrected chi connectivity index (χ1v) is 6.36. The molecule has 0 aliphatic carbocycles. The van der Waals surface area contributed by atoms with Crippen molar-refractivity contribution in [3.8, 4) is 0 Å². The Morgan fingerprint density at radius 3 is 3.33 bits per heavy atom. The monoisotopic (exact) mass is 221 g/mol. The predicted molar refractivity (Wildman–Crippen MR) is 63.6 cm³/mol. The van der Waals surface area contributed by atoms with Crippen LogP contribution < -0.4 is 4.90 Å². The Bertz CT molecular complexity index is 369. The molecular formula is C11H15N3S. The molecule has 0 amide bonds. The molecule has 3 rings (SSSR count). The Labute approximate surface area is 94.5 Å². The standard InChI is InChI=1S/C11H15N3S/c1-13-5-6-14-9(7-13)8-15-10-3-2-4-12-11(10)14/h2-4,9H,5-8H2,1H3/t9-/m1/s1. The number of pyridine rings is 1. The fourth-order valence-electron chi connectivity index (χ4n) is 2.33. The van der Waals surface area contributed by atoms with E-state index in [0.717, 1.165) is 13.1 Å². The number of rotatable bonds is 0. The van der Waals surface area contributed by atoms with Gasteiger partial charge in [0.2, 0.25) is 0 Å². The summed E-state index contributed by atoms with van der Waals surface area (Å²) in [5.74, 6) is 2.40. The number of hydrogen-bond acceptors (Lipinski definition) is 4. The Morgan fingerprint density at radius 1 is 1.47 bits per heavy atom. The number of nitrogens with zero attached hydrogens (tertiary/aromatic N) is 3. The van der Waals surface area contributed by atoms with Crippen LogP contribution in [0.5, 0.6) is 0 Å². The summed E-state index contributed by atoms with van der Waals surface area (Å²) < 4.78 is 0. The van der Waals surface area contributed by atoms with Crippen LogP contribution in [0.1, 0.15) is 0 Å². The van der Waals surface area contributed by atoms with Gasteiger partial charge in [0.25, 0.3) is 0 Å². The van der Waals surface area contributed by atoms with Crippen molar-refractivity contribution in [3.63, 3.8) is 0 Å². The van der Waals surface area contributed by atoms with Crippen molar-refractivity contribution in [2.45, 2.75) is 10.9 Å². The number of fused-ring (bicyclic) bond motifs is 3. The van der Waals surface area contributed by atoms with Crippen LogP contribution >= 0.6 is 11.8 Å². The molecule has 0 N–H and O–H groups in total. The summed E-state index contributed by atoms with van der Waals surface area (Å²) >= 11 is 1.95. The molecule has 4 heteroatoms. The molecule has 0 aromatic carbocycles. The van der Waals surface area contributed by atoms with Crippen molar-refractivity contribution in [1.82, 2.24) is 9.88 Å². The first kappa shape index (κ1) is 9.48. The molecule has 1 saturated heterocycles. The third kappa shape index (κ3) is 1.62. The van der Waals surface area contributed by atoms with Crippen molar-refractivity contribution in [3.05, 3.63) is 18.3 Å². The number of likely N-dealkylation sites (N-methyl/N-ethyl adjacent to an activating group) is 1. The number of thioether (sulfide) groups is 1.